The van der Waals surface area contributed by atoms with Crippen molar-refractivity contribution in [2.75, 3.05) is 0 Å². The van der Waals surface area contributed by atoms with Crippen molar-refractivity contribution in [2.45, 2.75) is 20.3 Å². The SMILES string of the molecule is CCc1cccc2c(Br)nc(C)cc12. The molecule has 1 aromatic carbocycles. The standard InChI is InChI=1S/C12H12BrN/c1-3-9-5-4-6-10-11(9)7-8(2)14-12(10)13/h4-7H,3H2,1-2H3. The largest absolute Gasteiger partial charge is 0.246 e. The highest BCUT2D eigenvalue weighted by Gasteiger charge is 2.04. The van der Waals surface area contributed by atoms with Crippen LogP contribution >= 0.6 is 15.9 Å². The van der Waals surface area contributed by atoms with Gasteiger partial charge in [-0.05, 0) is 46.3 Å². The lowest BCUT2D eigenvalue weighted by Gasteiger charge is -2.06. The third-order valence-corrected chi connectivity index (χ3v) is 3.03. The van der Waals surface area contributed by atoms with Gasteiger partial charge < -0.3 is 0 Å². The highest BCUT2D eigenvalue weighted by molar-refractivity contribution is 9.10. The van der Waals surface area contributed by atoms with E-state index in [9.17, 15) is 0 Å². The number of nitrogens with zero attached hydrogens (tertiary/aromatic N) is 1. The molecule has 0 bridgehead atoms. The second-order valence-electron chi connectivity index (χ2n) is 3.42. The Labute approximate surface area is 92.3 Å². The van der Waals surface area contributed by atoms with E-state index in [0.29, 0.717) is 0 Å². The molecule has 0 aliphatic rings. The molecule has 0 aliphatic carbocycles. The fourth-order valence-electron chi connectivity index (χ4n) is 1.73. The van der Waals surface area contributed by atoms with Gasteiger partial charge in [0.1, 0.15) is 4.60 Å². The molecule has 0 saturated heterocycles. The number of pyridine rings is 1. The zero-order valence-electron chi connectivity index (χ0n) is 8.34. The van der Waals surface area contributed by atoms with E-state index in [1.807, 2.05) is 6.92 Å². The normalized spacial score (nSPS) is 10.8. The molecule has 0 N–H and O–H groups in total. The van der Waals surface area contributed by atoms with Gasteiger partial charge in [0.25, 0.3) is 0 Å². The van der Waals surface area contributed by atoms with E-state index in [1.165, 1.54) is 16.3 Å². The minimum Gasteiger partial charge on any atom is -0.246 e. The van der Waals surface area contributed by atoms with Gasteiger partial charge in [-0.3, -0.25) is 0 Å². The number of rotatable bonds is 1. The monoisotopic (exact) mass is 249 g/mol. The van der Waals surface area contributed by atoms with Gasteiger partial charge in [0.05, 0.1) is 0 Å². The van der Waals surface area contributed by atoms with E-state index in [-0.39, 0.29) is 0 Å². The minimum atomic E-state index is 0.947. The predicted octanol–water partition coefficient (Wildman–Crippen LogP) is 3.87. The van der Waals surface area contributed by atoms with Gasteiger partial charge in [0.2, 0.25) is 0 Å². The second-order valence-corrected chi connectivity index (χ2v) is 4.17. The maximum atomic E-state index is 4.39. The van der Waals surface area contributed by atoms with Crippen LogP contribution in [0.3, 0.4) is 0 Å². The van der Waals surface area contributed by atoms with Crippen molar-refractivity contribution >= 4 is 26.7 Å². The summed E-state index contributed by atoms with van der Waals surface area (Å²) in [5.41, 5.74) is 2.44. The van der Waals surface area contributed by atoms with Crippen LogP contribution in [0.2, 0.25) is 0 Å². The summed E-state index contributed by atoms with van der Waals surface area (Å²) < 4.78 is 0.947. The number of fused-ring (bicyclic) bond motifs is 1. The molecule has 0 atom stereocenters. The summed E-state index contributed by atoms with van der Waals surface area (Å²) in [6, 6.07) is 8.51. The van der Waals surface area contributed by atoms with Crippen LogP contribution < -0.4 is 0 Å². The van der Waals surface area contributed by atoms with Crippen LogP contribution in [0.5, 0.6) is 0 Å². The highest BCUT2D eigenvalue weighted by Crippen LogP contribution is 2.25. The molecule has 0 unspecified atom stereocenters. The first-order chi connectivity index (χ1) is 6.72. The Kier molecular flexibility index (Phi) is 2.55. The Balaban J connectivity index is 2.86. The number of hydrogen-bond donors (Lipinski definition) is 0. The number of benzene rings is 1. The summed E-state index contributed by atoms with van der Waals surface area (Å²) >= 11 is 3.50. The quantitative estimate of drug-likeness (QED) is 0.700. The molecular weight excluding hydrogens is 238 g/mol. The van der Waals surface area contributed by atoms with Gasteiger partial charge in [0, 0.05) is 11.1 Å². The Morgan fingerprint density at radius 2 is 2.07 bits per heavy atom. The molecule has 2 heteroatoms. The first-order valence-electron chi connectivity index (χ1n) is 4.77. The van der Waals surface area contributed by atoms with E-state index in [4.69, 9.17) is 0 Å². The van der Waals surface area contributed by atoms with Gasteiger partial charge in [-0.15, -0.1) is 0 Å². The van der Waals surface area contributed by atoms with E-state index in [2.05, 4.69) is 52.1 Å². The maximum Gasteiger partial charge on any atom is 0.114 e. The smallest absolute Gasteiger partial charge is 0.114 e. The average Bonchev–Trinajstić information content (AvgIpc) is 2.17. The van der Waals surface area contributed by atoms with Gasteiger partial charge in [0.15, 0.2) is 0 Å². The van der Waals surface area contributed by atoms with Crippen molar-refractivity contribution in [3.8, 4) is 0 Å². The molecule has 1 aromatic heterocycles. The van der Waals surface area contributed by atoms with Crippen LogP contribution in [0.25, 0.3) is 10.8 Å². The summed E-state index contributed by atoms with van der Waals surface area (Å²) in [5.74, 6) is 0. The lowest BCUT2D eigenvalue weighted by atomic mass is 10.0. The van der Waals surface area contributed by atoms with Gasteiger partial charge in [-0.25, -0.2) is 4.98 Å². The van der Waals surface area contributed by atoms with E-state index >= 15 is 0 Å². The lowest BCUT2D eigenvalue weighted by Crippen LogP contribution is -1.89. The fourth-order valence-corrected chi connectivity index (χ4v) is 2.35. The van der Waals surface area contributed by atoms with Crippen molar-refractivity contribution in [2.24, 2.45) is 0 Å². The van der Waals surface area contributed by atoms with Gasteiger partial charge in [-0.2, -0.15) is 0 Å². The molecule has 2 rings (SSSR count). The molecule has 1 heterocycles. The molecule has 0 spiro atoms. The molecule has 0 fully saturated rings. The molecule has 0 amide bonds. The maximum absolute atomic E-state index is 4.39. The molecule has 0 radical (unpaired) electrons. The summed E-state index contributed by atoms with van der Waals surface area (Å²) in [5, 5.41) is 2.52. The van der Waals surface area contributed by atoms with Crippen molar-refractivity contribution in [3.63, 3.8) is 0 Å². The summed E-state index contributed by atoms with van der Waals surface area (Å²) in [6.07, 6.45) is 1.06. The number of aryl methyl sites for hydroxylation is 2. The third kappa shape index (κ3) is 1.55. The van der Waals surface area contributed by atoms with Crippen molar-refractivity contribution in [1.29, 1.82) is 0 Å². The van der Waals surface area contributed by atoms with Crippen LogP contribution in [-0.2, 0) is 6.42 Å². The molecule has 2 aromatic rings. The van der Waals surface area contributed by atoms with Crippen molar-refractivity contribution < 1.29 is 0 Å². The van der Waals surface area contributed by atoms with Crippen molar-refractivity contribution in [3.05, 3.63) is 40.1 Å². The number of hydrogen-bond acceptors (Lipinski definition) is 1. The Morgan fingerprint density at radius 3 is 2.79 bits per heavy atom. The van der Waals surface area contributed by atoms with Gasteiger partial charge >= 0.3 is 0 Å². The number of aromatic nitrogens is 1. The Hall–Kier alpha value is -0.890. The molecular formula is C12H12BrN. The second kappa shape index (κ2) is 3.70. The van der Waals surface area contributed by atoms with E-state index in [0.717, 1.165) is 16.7 Å². The molecule has 72 valence electrons. The topological polar surface area (TPSA) is 12.9 Å². The third-order valence-electron chi connectivity index (χ3n) is 2.43. The zero-order chi connectivity index (χ0) is 10.1. The molecule has 1 nitrogen and oxygen atoms in total. The summed E-state index contributed by atoms with van der Waals surface area (Å²) in [6.45, 7) is 4.20. The van der Waals surface area contributed by atoms with E-state index < -0.39 is 0 Å². The Bertz CT molecular complexity index is 477. The van der Waals surface area contributed by atoms with Crippen LogP contribution in [-0.4, -0.2) is 4.98 Å². The summed E-state index contributed by atoms with van der Waals surface area (Å²) in [7, 11) is 0. The zero-order valence-corrected chi connectivity index (χ0v) is 9.93. The van der Waals surface area contributed by atoms with E-state index in [1.54, 1.807) is 0 Å². The average molecular weight is 250 g/mol. The van der Waals surface area contributed by atoms with Crippen LogP contribution in [0.4, 0.5) is 0 Å². The minimum absolute atomic E-state index is 0.947. The first-order valence-corrected chi connectivity index (χ1v) is 5.56. The predicted molar refractivity (Wildman–Crippen MR) is 63.6 cm³/mol. The lowest BCUT2D eigenvalue weighted by molar-refractivity contribution is 1.14. The Morgan fingerprint density at radius 1 is 1.29 bits per heavy atom. The van der Waals surface area contributed by atoms with Crippen LogP contribution in [0, 0.1) is 6.92 Å². The van der Waals surface area contributed by atoms with Crippen molar-refractivity contribution in [1.82, 2.24) is 4.98 Å². The highest BCUT2D eigenvalue weighted by atomic mass is 79.9. The molecule has 0 saturated carbocycles. The fraction of sp³-hybridized carbons (Fsp3) is 0.250. The molecule has 14 heavy (non-hydrogen) atoms. The summed E-state index contributed by atoms with van der Waals surface area (Å²) in [4.78, 5) is 4.39. The van der Waals surface area contributed by atoms with Crippen LogP contribution in [0.15, 0.2) is 28.9 Å². The van der Waals surface area contributed by atoms with Gasteiger partial charge in [-0.1, -0.05) is 25.1 Å². The number of halogens is 1. The van der Waals surface area contributed by atoms with Crippen LogP contribution in [0.1, 0.15) is 18.2 Å². The molecule has 0 aliphatic heterocycles. The first kappa shape index (κ1) is 9.66.